The molecule has 168 valence electrons. The summed E-state index contributed by atoms with van der Waals surface area (Å²) in [6.45, 7) is 5.36. The molecule has 0 radical (unpaired) electrons. The number of β-amino-alcohol motifs (C(OH)–C–C–N with tert-alkyl or cyclic N) is 1. The number of piperazine rings is 1. The molecule has 0 spiro atoms. The summed E-state index contributed by atoms with van der Waals surface area (Å²) in [7, 11) is 0. The summed E-state index contributed by atoms with van der Waals surface area (Å²) in [6.07, 6.45) is 0.517. The van der Waals surface area contributed by atoms with Crippen LogP contribution in [0.4, 0.5) is 0 Å². The summed E-state index contributed by atoms with van der Waals surface area (Å²) in [6, 6.07) is 15.2. The first-order valence-electron chi connectivity index (χ1n) is 10.9. The average Bonchev–Trinajstić information content (AvgIpc) is 2.81. The maximum atomic E-state index is 12.6. The van der Waals surface area contributed by atoms with Gasteiger partial charge in [0.05, 0.1) is 6.61 Å². The van der Waals surface area contributed by atoms with E-state index in [4.69, 9.17) is 14.3 Å². The van der Waals surface area contributed by atoms with Crippen LogP contribution in [0, 0.1) is 6.92 Å². The van der Waals surface area contributed by atoms with Crippen LogP contribution in [0.2, 0.25) is 0 Å². The summed E-state index contributed by atoms with van der Waals surface area (Å²) in [5.74, 6) is 0.410. The predicted molar refractivity (Wildman–Crippen MR) is 122 cm³/mol. The molecule has 0 aliphatic carbocycles. The van der Waals surface area contributed by atoms with Gasteiger partial charge in [0.2, 0.25) is 0 Å². The molecule has 0 saturated carbocycles. The van der Waals surface area contributed by atoms with Crippen molar-refractivity contribution >= 4 is 16.9 Å². The van der Waals surface area contributed by atoms with Gasteiger partial charge in [-0.3, -0.25) is 9.69 Å². The van der Waals surface area contributed by atoms with E-state index in [1.54, 1.807) is 17.0 Å². The summed E-state index contributed by atoms with van der Waals surface area (Å²) < 4.78 is 11.3. The second-order valence-electron chi connectivity index (χ2n) is 8.05. The summed E-state index contributed by atoms with van der Waals surface area (Å²) in [5, 5.41) is 9.88. The SMILES string of the molecule is Cc1c(Cc2ccccc2)c(=O)oc2cc(OCC(=O)N3CCN(CCO)CC3)ccc12. The number of ether oxygens (including phenoxy) is 1. The molecule has 0 bridgehead atoms. The van der Waals surface area contributed by atoms with Crippen molar-refractivity contribution in [2.24, 2.45) is 0 Å². The lowest BCUT2D eigenvalue weighted by atomic mass is 10.00. The highest BCUT2D eigenvalue weighted by molar-refractivity contribution is 5.83. The van der Waals surface area contributed by atoms with Crippen molar-refractivity contribution in [2.75, 3.05) is 45.9 Å². The lowest BCUT2D eigenvalue weighted by molar-refractivity contribution is -0.135. The zero-order chi connectivity index (χ0) is 22.5. The van der Waals surface area contributed by atoms with Gasteiger partial charge in [-0.25, -0.2) is 4.79 Å². The van der Waals surface area contributed by atoms with Gasteiger partial charge in [-0.05, 0) is 30.2 Å². The first-order valence-corrected chi connectivity index (χ1v) is 10.9. The van der Waals surface area contributed by atoms with Crippen LogP contribution in [0.5, 0.6) is 5.75 Å². The quantitative estimate of drug-likeness (QED) is 0.572. The van der Waals surface area contributed by atoms with Crippen molar-refractivity contribution in [2.45, 2.75) is 13.3 Å². The van der Waals surface area contributed by atoms with Crippen LogP contribution in [-0.4, -0.2) is 66.8 Å². The normalized spacial score (nSPS) is 14.6. The zero-order valence-corrected chi connectivity index (χ0v) is 18.3. The van der Waals surface area contributed by atoms with Gasteiger partial charge in [0, 0.05) is 56.2 Å². The van der Waals surface area contributed by atoms with Crippen molar-refractivity contribution in [3.63, 3.8) is 0 Å². The number of rotatable bonds is 7. The van der Waals surface area contributed by atoms with Gasteiger partial charge in [-0.15, -0.1) is 0 Å². The van der Waals surface area contributed by atoms with Gasteiger partial charge < -0.3 is 19.2 Å². The van der Waals surface area contributed by atoms with Gasteiger partial charge >= 0.3 is 5.63 Å². The Hall–Kier alpha value is -3.16. The van der Waals surface area contributed by atoms with E-state index < -0.39 is 0 Å². The molecular weight excluding hydrogens is 408 g/mol. The number of hydrogen-bond donors (Lipinski definition) is 1. The van der Waals surface area contributed by atoms with Crippen molar-refractivity contribution in [1.82, 2.24) is 9.80 Å². The molecule has 1 N–H and O–H groups in total. The highest BCUT2D eigenvalue weighted by atomic mass is 16.5. The van der Waals surface area contributed by atoms with Crippen LogP contribution in [0.15, 0.2) is 57.7 Å². The predicted octanol–water partition coefficient (Wildman–Crippen LogP) is 2.21. The van der Waals surface area contributed by atoms with E-state index in [2.05, 4.69) is 4.90 Å². The first-order chi connectivity index (χ1) is 15.5. The highest BCUT2D eigenvalue weighted by Gasteiger charge is 2.21. The lowest BCUT2D eigenvalue weighted by Gasteiger charge is -2.34. The summed E-state index contributed by atoms with van der Waals surface area (Å²) >= 11 is 0. The minimum Gasteiger partial charge on any atom is -0.484 e. The van der Waals surface area contributed by atoms with Gasteiger partial charge in [0.15, 0.2) is 6.61 Å². The Morgan fingerprint density at radius 3 is 2.56 bits per heavy atom. The van der Waals surface area contributed by atoms with Gasteiger partial charge in [0.25, 0.3) is 5.91 Å². The Bertz CT molecular complexity index is 1130. The molecule has 32 heavy (non-hydrogen) atoms. The number of amides is 1. The molecule has 1 aromatic heterocycles. The number of fused-ring (bicyclic) bond motifs is 1. The van der Waals surface area contributed by atoms with Crippen molar-refractivity contribution < 1.29 is 19.1 Å². The Balaban J connectivity index is 1.43. The van der Waals surface area contributed by atoms with Crippen molar-refractivity contribution in [3.8, 4) is 5.75 Å². The summed E-state index contributed by atoms with van der Waals surface area (Å²) in [5.41, 5.74) is 2.69. The fraction of sp³-hybridized carbons (Fsp3) is 0.360. The number of benzene rings is 2. The molecule has 0 unspecified atom stereocenters. The number of hydrogen-bond acceptors (Lipinski definition) is 6. The molecule has 0 atom stereocenters. The first kappa shape index (κ1) is 22.0. The minimum absolute atomic E-state index is 0.0686. The topological polar surface area (TPSA) is 83.2 Å². The van der Waals surface area contributed by atoms with Crippen LogP contribution >= 0.6 is 0 Å². The second-order valence-corrected chi connectivity index (χ2v) is 8.05. The summed E-state index contributed by atoms with van der Waals surface area (Å²) in [4.78, 5) is 29.0. The largest absolute Gasteiger partial charge is 0.484 e. The van der Waals surface area contributed by atoms with Crippen LogP contribution in [0.25, 0.3) is 11.0 Å². The minimum atomic E-state index is -0.354. The van der Waals surface area contributed by atoms with E-state index >= 15 is 0 Å². The number of aryl methyl sites for hydroxylation is 1. The molecule has 7 nitrogen and oxygen atoms in total. The molecule has 1 aliphatic rings. The third-order valence-electron chi connectivity index (χ3n) is 5.99. The molecule has 2 heterocycles. The molecule has 4 rings (SSSR count). The van der Waals surface area contributed by atoms with E-state index in [9.17, 15) is 9.59 Å². The van der Waals surface area contributed by atoms with E-state index in [1.807, 2.05) is 43.3 Å². The molecular formula is C25H28N2O5. The number of aliphatic hydroxyl groups excluding tert-OH is 1. The Labute approximate surface area is 186 Å². The fourth-order valence-electron chi connectivity index (χ4n) is 4.07. The van der Waals surface area contributed by atoms with Crippen molar-refractivity contribution in [1.29, 1.82) is 0 Å². The molecule has 2 aromatic carbocycles. The number of aliphatic hydroxyl groups is 1. The number of carbonyl (C=O) groups is 1. The Morgan fingerprint density at radius 1 is 1.09 bits per heavy atom. The zero-order valence-electron chi connectivity index (χ0n) is 18.3. The maximum absolute atomic E-state index is 12.6. The molecule has 3 aromatic rings. The Kier molecular flexibility index (Phi) is 6.87. The molecule has 1 aliphatic heterocycles. The van der Waals surface area contributed by atoms with Crippen molar-refractivity contribution in [3.05, 3.63) is 75.6 Å². The second kappa shape index (κ2) is 9.97. The van der Waals surface area contributed by atoms with E-state index in [0.717, 1.165) is 29.6 Å². The van der Waals surface area contributed by atoms with Crippen LogP contribution in [-0.2, 0) is 11.2 Å². The Morgan fingerprint density at radius 2 is 1.84 bits per heavy atom. The average molecular weight is 437 g/mol. The monoisotopic (exact) mass is 436 g/mol. The van der Waals surface area contributed by atoms with Crippen LogP contribution < -0.4 is 10.4 Å². The molecule has 1 fully saturated rings. The van der Waals surface area contributed by atoms with E-state index in [-0.39, 0.29) is 24.7 Å². The standard InChI is InChI=1S/C25H28N2O5/c1-18-21-8-7-20(31-17-24(29)27-11-9-26(10-12-27)13-14-28)16-23(21)32-25(30)22(18)15-19-5-3-2-4-6-19/h2-8,16,28H,9-15,17H2,1H3. The van der Waals surface area contributed by atoms with Crippen LogP contribution in [0.3, 0.4) is 0 Å². The molecule has 1 amide bonds. The smallest absolute Gasteiger partial charge is 0.340 e. The number of nitrogens with zero attached hydrogens (tertiary/aromatic N) is 2. The van der Waals surface area contributed by atoms with E-state index in [1.165, 1.54) is 0 Å². The molecule has 7 heteroatoms. The maximum Gasteiger partial charge on any atom is 0.340 e. The van der Waals surface area contributed by atoms with E-state index in [0.29, 0.717) is 43.0 Å². The fourth-order valence-corrected chi connectivity index (χ4v) is 4.07. The number of carbonyl (C=O) groups excluding carboxylic acids is 1. The third kappa shape index (κ3) is 5.00. The van der Waals surface area contributed by atoms with Gasteiger partial charge in [-0.2, -0.15) is 0 Å². The van der Waals surface area contributed by atoms with Gasteiger partial charge in [0.1, 0.15) is 11.3 Å². The van der Waals surface area contributed by atoms with Crippen LogP contribution in [0.1, 0.15) is 16.7 Å². The van der Waals surface area contributed by atoms with Gasteiger partial charge in [-0.1, -0.05) is 30.3 Å². The molecule has 1 saturated heterocycles. The lowest BCUT2D eigenvalue weighted by Crippen LogP contribution is -2.50. The third-order valence-corrected chi connectivity index (χ3v) is 5.99. The highest BCUT2D eigenvalue weighted by Crippen LogP contribution is 2.25.